The highest BCUT2D eigenvalue weighted by atomic mass is 32.2. The van der Waals surface area contributed by atoms with E-state index < -0.39 is 0 Å². The molecule has 24 heavy (non-hydrogen) atoms. The fraction of sp³-hybridized carbons (Fsp3) is 0.316. The number of thioether (sulfide) groups is 1. The van der Waals surface area contributed by atoms with Gasteiger partial charge in [0.15, 0.2) is 0 Å². The van der Waals surface area contributed by atoms with Crippen LogP contribution in [0.25, 0.3) is 0 Å². The summed E-state index contributed by atoms with van der Waals surface area (Å²) in [5.41, 5.74) is 3.06. The van der Waals surface area contributed by atoms with Crippen LogP contribution in [0.4, 0.5) is 10.5 Å². The Balaban J connectivity index is 2.03. The first-order valence-corrected chi connectivity index (χ1v) is 9.25. The summed E-state index contributed by atoms with van der Waals surface area (Å²) in [5, 5.41) is 15.1. The van der Waals surface area contributed by atoms with Gasteiger partial charge in [-0.1, -0.05) is 48.5 Å². The molecule has 2 atom stereocenters. The highest BCUT2D eigenvalue weighted by Crippen LogP contribution is 2.19. The normalized spacial score (nSPS) is 13.1. The lowest BCUT2D eigenvalue weighted by Gasteiger charge is -2.22. The zero-order valence-electron chi connectivity index (χ0n) is 14.0. The summed E-state index contributed by atoms with van der Waals surface area (Å²) in [7, 11) is 0. The van der Waals surface area contributed by atoms with Gasteiger partial charge in [-0.05, 0) is 36.8 Å². The van der Waals surface area contributed by atoms with Crippen molar-refractivity contribution in [3.8, 4) is 0 Å². The van der Waals surface area contributed by atoms with Crippen molar-refractivity contribution in [2.75, 3.05) is 18.2 Å². The third kappa shape index (κ3) is 5.28. The Labute approximate surface area is 147 Å². The lowest BCUT2D eigenvalue weighted by Crippen LogP contribution is -2.43. The fourth-order valence-electron chi connectivity index (χ4n) is 2.51. The van der Waals surface area contributed by atoms with Crippen LogP contribution in [0.2, 0.25) is 0 Å². The summed E-state index contributed by atoms with van der Waals surface area (Å²) >= 11 is 1.54. The number of hydrogen-bond donors (Lipinski definition) is 3. The monoisotopic (exact) mass is 344 g/mol. The van der Waals surface area contributed by atoms with Gasteiger partial charge in [0.1, 0.15) is 0 Å². The average molecular weight is 344 g/mol. The van der Waals surface area contributed by atoms with E-state index in [1.165, 1.54) is 17.3 Å². The molecular formula is C19H24N2O2S. The molecule has 128 valence electrons. The number of rotatable bonds is 7. The van der Waals surface area contributed by atoms with Gasteiger partial charge in [0.05, 0.1) is 6.61 Å². The second-order valence-corrected chi connectivity index (χ2v) is 6.74. The number of para-hydroxylation sites is 1. The van der Waals surface area contributed by atoms with Gasteiger partial charge < -0.3 is 15.7 Å². The number of anilines is 1. The van der Waals surface area contributed by atoms with Crippen molar-refractivity contribution in [2.24, 2.45) is 0 Å². The first kappa shape index (κ1) is 18.4. The van der Waals surface area contributed by atoms with Gasteiger partial charge in [-0.15, -0.1) is 0 Å². The fourth-order valence-corrected chi connectivity index (χ4v) is 3.13. The van der Waals surface area contributed by atoms with E-state index in [0.717, 1.165) is 17.7 Å². The largest absolute Gasteiger partial charge is 0.395 e. The molecule has 0 radical (unpaired) electrons. The number of aliphatic hydroxyl groups is 1. The quantitative estimate of drug-likeness (QED) is 0.720. The highest BCUT2D eigenvalue weighted by Gasteiger charge is 2.17. The Morgan fingerprint density at radius 1 is 1.12 bits per heavy atom. The summed E-state index contributed by atoms with van der Waals surface area (Å²) in [6, 6.07) is 17.6. The summed E-state index contributed by atoms with van der Waals surface area (Å²) in [4.78, 5) is 12.3. The van der Waals surface area contributed by atoms with E-state index in [1.54, 1.807) is 0 Å². The molecule has 0 spiro atoms. The Morgan fingerprint density at radius 2 is 1.79 bits per heavy atom. The van der Waals surface area contributed by atoms with E-state index in [0.29, 0.717) is 0 Å². The second-order valence-electron chi connectivity index (χ2n) is 5.66. The number of aliphatic hydroxyl groups excluding tert-OH is 1. The van der Waals surface area contributed by atoms with Crippen molar-refractivity contribution < 1.29 is 9.90 Å². The van der Waals surface area contributed by atoms with Crippen LogP contribution < -0.4 is 10.6 Å². The second kappa shape index (κ2) is 9.35. The van der Waals surface area contributed by atoms with E-state index in [1.807, 2.05) is 55.6 Å². The number of nitrogens with one attached hydrogen (secondary N) is 2. The Hall–Kier alpha value is -1.98. The number of amides is 2. The summed E-state index contributed by atoms with van der Waals surface area (Å²) in [6.45, 7) is 1.93. The molecular weight excluding hydrogens is 320 g/mol. The highest BCUT2D eigenvalue weighted by molar-refractivity contribution is 7.99. The van der Waals surface area contributed by atoms with Gasteiger partial charge in [-0.2, -0.15) is 11.8 Å². The van der Waals surface area contributed by atoms with Gasteiger partial charge in [0, 0.05) is 17.0 Å². The van der Waals surface area contributed by atoms with Crippen LogP contribution in [0, 0.1) is 0 Å². The summed E-state index contributed by atoms with van der Waals surface area (Å²) in [6.07, 6.45) is 2.68. The average Bonchev–Trinajstić information content (AvgIpc) is 2.58. The SMILES string of the molecule is CSC(CO)C(C)NC(=O)Nc1ccccc1Cc1ccccc1. The zero-order valence-corrected chi connectivity index (χ0v) is 14.8. The van der Waals surface area contributed by atoms with Crippen LogP contribution in [0.15, 0.2) is 54.6 Å². The maximum atomic E-state index is 12.3. The van der Waals surface area contributed by atoms with Crippen LogP contribution in [-0.4, -0.2) is 35.3 Å². The van der Waals surface area contributed by atoms with E-state index in [-0.39, 0.29) is 23.9 Å². The molecule has 2 amide bonds. The minimum atomic E-state index is -0.254. The third-order valence-corrected chi connectivity index (χ3v) is 5.06. The van der Waals surface area contributed by atoms with Crippen molar-refractivity contribution in [3.05, 3.63) is 65.7 Å². The Bertz CT molecular complexity index is 645. The van der Waals surface area contributed by atoms with E-state index >= 15 is 0 Å². The minimum Gasteiger partial charge on any atom is -0.395 e. The maximum absolute atomic E-state index is 12.3. The van der Waals surface area contributed by atoms with Crippen LogP contribution in [0.5, 0.6) is 0 Å². The molecule has 2 unspecified atom stereocenters. The molecule has 0 heterocycles. The van der Waals surface area contributed by atoms with Gasteiger partial charge in [0.2, 0.25) is 0 Å². The maximum Gasteiger partial charge on any atom is 0.319 e. The Kier molecular flexibility index (Phi) is 7.15. The molecule has 3 N–H and O–H groups in total. The molecule has 0 aromatic heterocycles. The smallest absolute Gasteiger partial charge is 0.319 e. The van der Waals surface area contributed by atoms with Crippen LogP contribution >= 0.6 is 11.8 Å². The number of benzene rings is 2. The summed E-state index contributed by atoms with van der Waals surface area (Å²) < 4.78 is 0. The van der Waals surface area contributed by atoms with Crippen molar-refractivity contribution in [3.63, 3.8) is 0 Å². The van der Waals surface area contributed by atoms with E-state index in [2.05, 4.69) is 22.8 Å². The number of carbonyl (C=O) groups is 1. The van der Waals surface area contributed by atoms with Crippen molar-refractivity contribution >= 4 is 23.5 Å². The predicted molar refractivity (Wildman–Crippen MR) is 102 cm³/mol. The van der Waals surface area contributed by atoms with Gasteiger partial charge in [0.25, 0.3) is 0 Å². The molecule has 0 saturated heterocycles. The number of hydrogen-bond acceptors (Lipinski definition) is 3. The topological polar surface area (TPSA) is 61.4 Å². The molecule has 2 rings (SSSR count). The van der Waals surface area contributed by atoms with Crippen LogP contribution in [-0.2, 0) is 6.42 Å². The number of carbonyl (C=O) groups excluding carboxylic acids is 1. The predicted octanol–water partition coefficient (Wildman–Crippen LogP) is 3.51. The zero-order chi connectivity index (χ0) is 17.4. The minimum absolute atomic E-state index is 0.0182. The molecule has 0 aliphatic carbocycles. The molecule has 2 aromatic rings. The molecule has 0 aliphatic rings. The molecule has 0 fully saturated rings. The molecule has 0 bridgehead atoms. The van der Waals surface area contributed by atoms with Crippen LogP contribution in [0.1, 0.15) is 18.1 Å². The lowest BCUT2D eigenvalue weighted by atomic mass is 10.0. The number of urea groups is 1. The van der Waals surface area contributed by atoms with E-state index in [9.17, 15) is 9.90 Å². The first-order chi connectivity index (χ1) is 11.6. The third-order valence-electron chi connectivity index (χ3n) is 3.90. The van der Waals surface area contributed by atoms with Crippen molar-refractivity contribution in [1.82, 2.24) is 5.32 Å². The first-order valence-electron chi connectivity index (χ1n) is 7.97. The van der Waals surface area contributed by atoms with Gasteiger partial charge >= 0.3 is 6.03 Å². The molecule has 2 aromatic carbocycles. The van der Waals surface area contributed by atoms with Gasteiger partial charge in [-0.25, -0.2) is 4.79 Å². The van der Waals surface area contributed by atoms with Crippen LogP contribution in [0.3, 0.4) is 0 Å². The standard InChI is InChI=1S/C19H24N2O2S/c1-14(18(13-22)24-2)20-19(23)21-17-11-7-6-10-16(17)12-15-8-4-3-5-9-15/h3-11,14,18,22H,12-13H2,1-2H3,(H2,20,21,23). The molecule has 5 heteroatoms. The molecule has 0 saturated carbocycles. The summed E-state index contributed by atoms with van der Waals surface area (Å²) in [5.74, 6) is 0. The van der Waals surface area contributed by atoms with E-state index in [4.69, 9.17) is 0 Å². The van der Waals surface area contributed by atoms with Gasteiger partial charge in [-0.3, -0.25) is 0 Å². The lowest BCUT2D eigenvalue weighted by molar-refractivity contribution is 0.243. The van der Waals surface area contributed by atoms with Crippen molar-refractivity contribution in [1.29, 1.82) is 0 Å². The Morgan fingerprint density at radius 3 is 2.46 bits per heavy atom. The molecule has 0 aliphatic heterocycles. The van der Waals surface area contributed by atoms with Crippen molar-refractivity contribution in [2.45, 2.75) is 24.6 Å². The molecule has 4 nitrogen and oxygen atoms in total.